The summed E-state index contributed by atoms with van der Waals surface area (Å²) in [5, 5.41) is 2.87. The van der Waals surface area contributed by atoms with Crippen molar-refractivity contribution in [1.29, 1.82) is 0 Å². The van der Waals surface area contributed by atoms with Gasteiger partial charge in [-0.2, -0.15) is 0 Å². The van der Waals surface area contributed by atoms with Crippen LogP contribution in [-0.4, -0.2) is 33.8 Å². The number of carbonyl (C=O) groups is 1. The maximum atomic E-state index is 12.7. The Hall–Kier alpha value is -2.73. The van der Waals surface area contributed by atoms with Crippen LogP contribution in [0.3, 0.4) is 0 Å². The number of hydrogen-bond acceptors (Lipinski definition) is 5. The molecule has 0 atom stereocenters. The van der Waals surface area contributed by atoms with Gasteiger partial charge < -0.3 is 24.3 Å². The quantitative estimate of drug-likeness (QED) is 0.630. The van der Waals surface area contributed by atoms with Gasteiger partial charge in [0.2, 0.25) is 0 Å². The molecule has 2 aromatic rings. The van der Waals surface area contributed by atoms with Crippen molar-refractivity contribution in [2.24, 2.45) is 0 Å². The van der Waals surface area contributed by atoms with Gasteiger partial charge in [0.1, 0.15) is 17.2 Å². The number of benzene rings is 2. The molecule has 0 aliphatic rings. The number of carbonyl (C=O) groups excluding carboxylic acids is 1. The van der Waals surface area contributed by atoms with Gasteiger partial charge in [0.25, 0.3) is 5.91 Å². The second kappa shape index (κ2) is 10.4. The second-order valence-electron chi connectivity index (χ2n) is 5.95. The molecule has 0 saturated carbocycles. The largest absolute Gasteiger partial charge is 0.497 e. The van der Waals surface area contributed by atoms with E-state index in [1.54, 1.807) is 57.7 Å². The van der Waals surface area contributed by atoms with Crippen molar-refractivity contribution in [1.82, 2.24) is 0 Å². The Bertz CT molecular complexity index is 760. The van der Waals surface area contributed by atoms with Crippen molar-refractivity contribution < 1.29 is 23.7 Å². The minimum atomic E-state index is -0.240. The summed E-state index contributed by atoms with van der Waals surface area (Å²) in [6, 6.07) is 10.5. The summed E-state index contributed by atoms with van der Waals surface area (Å²) in [5.74, 6) is 1.64. The lowest BCUT2D eigenvalue weighted by atomic mass is 10.1. The predicted octanol–water partition coefficient (Wildman–Crippen LogP) is 4.28. The fourth-order valence-electron chi connectivity index (χ4n) is 2.56. The highest BCUT2D eigenvalue weighted by molar-refractivity contribution is 6.05. The summed E-state index contributed by atoms with van der Waals surface area (Å²) in [6.07, 6.45) is 2.07. The molecule has 0 heterocycles. The van der Waals surface area contributed by atoms with E-state index in [0.29, 0.717) is 41.7 Å². The normalized spacial score (nSPS) is 10.4. The van der Waals surface area contributed by atoms with Gasteiger partial charge in [0, 0.05) is 23.8 Å². The average molecular weight is 373 g/mol. The maximum Gasteiger partial charge on any atom is 0.255 e. The highest BCUT2D eigenvalue weighted by atomic mass is 16.5. The molecule has 0 spiro atoms. The predicted molar refractivity (Wildman–Crippen MR) is 105 cm³/mol. The van der Waals surface area contributed by atoms with E-state index in [9.17, 15) is 4.79 Å². The third-order valence-corrected chi connectivity index (χ3v) is 4.10. The summed E-state index contributed by atoms with van der Waals surface area (Å²) >= 11 is 0. The molecule has 6 nitrogen and oxygen atoms in total. The Morgan fingerprint density at radius 3 is 2.41 bits per heavy atom. The van der Waals surface area contributed by atoms with Crippen LogP contribution in [0.2, 0.25) is 0 Å². The highest BCUT2D eigenvalue weighted by Crippen LogP contribution is 2.30. The van der Waals surface area contributed by atoms with E-state index in [4.69, 9.17) is 18.9 Å². The molecule has 0 unspecified atom stereocenters. The molecule has 0 saturated heterocycles. The van der Waals surface area contributed by atoms with Crippen LogP contribution in [0.25, 0.3) is 0 Å². The summed E-state index contributed by atoms with van der Waals surface area (Å²) in [4.78, 5) is 12.7. The Kier molecular flexibility index (Phi) is 7.95. The van der Waals surface area contributed by atoms with E-state index in [2.05, 4.69) is 12.2 Å². The van der Waals surface area contributed by atoms with E-state index in [0.717, 1.165) is 18.4 Å². The summed E-state index contributed by atoms with van der Waals surface area (Å²) in [6.45, 7) is 3.19. The van der Waals surface area contributed by atoms with E-state index in [-0.39, 0.29) is 5.91 Å². The fraction of sp³-hybridized carbons (Fsp3) is 0.381. The lowest BCUT2D eigenvalue weighted by Gasteiger charge is -2.13. The highest BCUT2D eigenvalue weighted by Gasteiger charge is 2.13. The Morgan fingerprint density at radius 1 is 0.963 bits per heavy atom. The van der Waals surface area contributed by atoms with Gasteiger partial charge in [-0.3, -0.25) is 4.79 Å². The first-order chi connectivity index (χ1) is 13.1. The van der Waals surface area contributed by atoms with Crippen LogP contribution in [0.5, 0.6) is 17.2 Å². The van der Waals surface area contributed by atoms with Gasteiger partial charge in [-0.05, 0) is 36.8 Å². The molecule has 146 valence electrons. The molecule has 27 heavy (non-hydrogen) atoms. The monoisotopic (exact) mass is 373 g/mol. The third-order valence-electron chi connectivity index (χ3n) is 4.10. The van der Waals surface area contributed by atoms with Gasteiger partial charge in [-0.1, -0.05) is 13.3 Å². The van der Waals surface area contributed by atoms with Crippen molar-refractivity contribution in [2.45, 2.75) is 26.4 Å². The molecule has 2 aromatic carbocycles. The molecule has 2 rings (SSSR count). The molecule has 0 aliphatic heterocycles. The Labute approximate surface area is 160 Å². The summed E-state index contributed by atoms with van der Waals surface area (Å²) in [7, 11) is 4.73. The fourth-order valence-corrected chi connectivity index (χ4v) is 2.56. The zero-order valence-electron chi connectivity index (χ0n) is 16.3. The van der Waals surface area contributed by atoms with Crippen molar-refractivity contribution in [3.8, 4) is 17.2 Å². The third kappa shape index (κ3) is 5.62. The Morgan fingerprint density at radius 2 is 1.74 bits per heavy atom. The van der Waals surface area contributed by atoms with Crippen LogP contribution in [0.15, 0.2) is 36.4 Å². The average Bonchev–Trinajstić information content (AvgIpc) is 2.71. The molecule has 0 aliphatic carbocycles. The van der Waals surface area contributed by atoms with E-state index in [1.165, 1.54) is 0 Å². The molecule has 1 N–H and O–H groups in total. The zero-order chi connectivity index (χ0) is 19.6. The van der Waals surface area contributed by atoms with Crippen molar-refractivity contribution in [3.63, 3.8) is 0 Å². The molecule has 0 aromatic heterocycles. The van der Waals surface area contributed by atoms with Crippen molar-refractivity contribution in [2.75, 3.05) is 33.3 Å². The van der Waals surface area contributed by atoms with E-state index < -0.39 is 0 Å². The molecular weight excluding hydrogens is 346 g/mol. The van der Waals surface area contributed by atoms with Crippen molar-refractivity contribution in [3.05, 3.63) is 47.5 Å². The number of methoxy groups -OCH3 is 3. The minimum Gasteiger partial charge on any atom is -0.497 e. The van der Waals surface area contributed by atoms with Gasteiger partial charge in [-0.15, -0.1) is 0 Å². The summed E-state index contributed by atoms with van der Waals surface area (Å²) < 4.78 is 21.5. The first-order valence-corrected chi connectivity index (χ1v) is 8.91. The molecular formula is C21H27NO5. The first-order valence-electron chi connectivity index (χ1n) is 8.91. The molecule has 0 bridgehead atoms. The minimum absolute atomic E-state index is 0.240. The lowest BCUT2D eigenvalue weighted by Crippen LogP contribution is -2.13. The van der Waals surface area contributed by atoms with Crippen molar-refractivity contribution >= 4 is 11.6 Å². The number of anilines is 1. The van der Waals surface area contributed by atoms with Crippen LogP contribution in [0.4, 0.5) is 5.69 Å². The van der Waals surface area contributed by atoms with Gasteiger partial charge in [-0.25, -0.2) is 0 Å². The van der Waals surface area contributed by atoms with Gasteiger partial charge in [0.05, 0.1) is 33.6 Å². The number of ether oxygens (including phenoxy) is 4. The second-order valence-corrected chi connectivity index (χ2v) is 5.95. The van der Waals surface area contributed by atoms with E-state index in [1.807, 2.05) is 0 Å². The van der Waals surface area contributed by atoms with Gasteiger partial charge >= 0.3 is 0 Å². The van der Waals surface area contributed by atoms with Crippen LogP contribution in [0, 0.1) is 0 Å². The lowest BCUT2D eigenvalue weighted by molar-refractivity contribution is 0.102. The summed E-state index contributed by atoms with van der Waals surface area (Å²) in [5.41, 5.74) is 1.92. The van der Waals surface area contributed by atoms with E-state index >= 15 is 0 Å². The van der Waals surface area contributed by atoms with Crippen LogP contribution < -0.4 is 19.5 Å². The topological polar surface area (TPSA) is 66.0 Å². The molecule has 0 fully saturated rings. The van der Waals surface area contributed by atoms with Crippen LogP contribution in [-0.2, 0) is 11.3 Å². The number of nitrogens with one attached hydrogen (secondary N) is 1. The van der Waals surface area contributed by atoms with Gasteiger partial charge in [0.15, 0.2) is 0 Å². The number of rotatable bonds is 10. The zero-order valence-corrected chi connectivity index (χ0v) is 16.3. The Balaban J connectivity index is 2.16. The smallest absolute Gasteiger partial charge is 0.255 e. The SMILES string of the molecule is CCCCOCc1cc(C(=O)Nc2ccc(OC)cc2OC)ccc1OC. The maximum absolute atomic E-state index is 12.7. The standard InChI is InChI=1S/C21H27NO5/c1-5-6-11-27-14-16-12-15(7-10-19(16)25-3)21(23)22-18-9-8-17(24-2)13-20(18)26-4/h7-10,12-13H,5-6,11,14H2,1-4H3,(H,22,23). The first kappa shape index (κ1) is 20.6. The molecule has 0 radical (unpaired) electrons. The van der Waals surface area contributed by atoms with Crippen LogP contribution >= 0.6 is 0 Å². The number of hydrogen-bond donors (Lipinski definition) is 1. The van der Waals surface area contributed by atoms with Crippen LogP contribution in [0.1, 0.15) is 35.7 Å². The number of unbranched alkanes of at least 4 members (excludes halogenated alkanes) is 1. The molecule has 1 amide bonds. The number of amides is 1. The molecule has 6 heteroatoms.